The highest BCUT2D eigenvalue weighted by molar-refractivity contribution is 5.96. The van der Waals surface area contributed by atoms with Crippen LogP contribution in [-0.2, 0) is 11.2 Å². The molecule has 3 rings (SSSR count). The lowest BCUT2D eigenvalue weighted by atomic mass is 10.0. The molecule has 0 aromatic heterocycles. The third-order valence-corrected chi connectivity index (χ3v) is 3.87. The second-order valence-corrected chi connectivity index (χ2v) is 5.31. The quantitative estimate of drug-likeness (QED) is 0.942. The van der Waals surface area contributed by atoms with E-state index in [1.54, 1.807) is 32.4 Å². The minimum absolute atomic E-state index is 0.189. The van der Waals surface area contributed by atoms with Crippen molar-refractivity contribution in [2.24, 2.45) is 0 Å². The number of benzene rings is 2. The zero-order valence-corrected chi connectivity index (χ0v) is 13.2. The molecule has 1 aliphatic rings. The summed E-state index contributed by atoms with van der Waals surface area (Å²) in [6.07, 6.45) is 0.958. The number of para-hydroxylation sites is 1. The van der Waals surface area contributed by atoms with Crippen LogP contribution >= 0.6 is 0 Å². The van der Waals surface area contributed by atoms with Gasteiger partial charge in [-0.25, -0.2) is 0 Å². The lowest BCUT2D eigenvalue weighted by Gasteiger charge is -2.25. The van der Waals surface area contributed by atoms with E-state index >= 15 is 0 Å². The zero-order chi connectivity index (χ0) is 16.2. The first-order chi connectivity index (χ1) is 11.2. The fourth-order valence-electron chi connectivity index (χ4n) is 2.63. The molecule has 0 fully saturated rings. The molecule has 0 bridgehead atoms. The third-order valence-electron chi connectivity index (χ3n) is 3.87. The maximum Gasteiger partial charge on any atom is 0.265 e. The first-order valence-corrected chi connectivity index (χ1v) is 7.48. The first-order valence-electron chi connectivity index (χ1n) is 7.48. The van der Waals surface area contributed by atoms with Gasteiger partial charge in [0.25, 0.3) is 5.91 Å². The number of amides is 1. The molecular weight excluding hydrogens is 294 g/mol. The van der Waals surface area contributed by atoms with Crippen molar-refractivity contribution in [1.29, 1.82) is 0 Å². The highest BCUT2D eigenvalue weighted by Crippen LogP contribution is 2.31. The Morgan fingerprint density at radius 1 is 1.17 bits per heavy atom. The fourth-order valence-corrected chi connectivity index (χ4v) is 2.63. The summed E-state index contributed by atoms with van der Waals surface area (Å²) in [6.45, 7) is 0. The Bertz CT molecular complexity index is 714. The van der Waals surface area contributed by atoms with Crippen molar-refractivity contribution >= 4 is 11.6 Å². The lowest BCUT2D eigenvalue weighted by molar-refractivity contribution is -0.123. The van der Waals surface area contributed by atoms with Crippen LogP contribution in [-0.4, -0.2) is 26.2 Å². The van der Waals surface area contributed by atoms with Crippen LogP contribution in [0.4, 0.5) is 5.69 Å². The van der Waals surface area contributed by atoms with E-state index in [-0.39, 0.29) is 5.91 Å². The average molecular weight is 313 g/mol. The number of aryl methyl sites for hydroxylation is 1. The standard InChI is InChI=1S/C18H19NO4/c1-21-13-8-10-16(22-2)14(11-13)19-18(20)17-9-7-12-5-3-4-6-15(12)23-17/h3-6,8,10-11,17H,7,9H2,1-2H3,(H,19,20). The fraction of sp³-hybridized carbons (Fsp3) is 0.278. The van der Waals surface area contributed by atoms with Gasteiger partial charge in [-0.3, -0.25) is 4.79 Å². The minimum atomic E-state index is -0.513. The van der Waals surface area contributed by atoms with E-state index < -0.39 is 6.10 Å². The number of methoxy groups -OCH3 is 2. The average Bonchev–Trinajstić information content (AvgIpc) is 2.61. The second-order valence-electron chi connectivity index (χ2n) is 5.31. The number of nitrogens with one attached hydrogen (secondary N) is 1. The number of carbonyl (C=O) groups excluding carboxylic acids is 1. The molecule has 1 atom stereocenters. The predicted octanol–water partition coefficient (Wildman–Crippen LogP) is 3.04. The molecule has 2 aromatic rings. The Balaban J connectivity index is 1.75. The van der Waals surface area contributed by atoms with E-state index in [2.05, 4.69) is 5.32 Å². The Kier molecular flexibility index (Phi) is 4.37. The van der Waals surface area contributed by atoms with Crippen LogP contribution in [0.25, 0.3) is 0 Å². The van der Waals surface area contributed by atoms with E-state index in [4.69, 9.17) is 14.2 Å². The lowest BCUT2D eigenvalue weighted by Crippen LogP contribution is -2.35. The number of anilines is 1. The number of hydrogen-bond donors (Lipinski definition) is 1. The van der Waals surface area contributed by atoms with Crippen molar-refractivity contribution in [2.75, 3.05) is 19.5 Å². The Labute approximate surface area is 135 Å². The van der Waals surface area contributed by atoms with Crippen LogP contribution in [0.3, 0.4) is 0 Å². The summed E-state index contributed by atoms with van der Waals surface area (Å²) in [5.41, 5.74) is 1.70. The molecule has 0 saturated carbocycles. The van der Waals surface area contributed by atoms with Gasteiger partial charge in [0.2, 0.25) is 0 Å². The van der Waals surface area contributed by atoms with Crippen LogP contribution in [0.15, 0.2) is 42.5 Å². The topological polar surface area (TPSA) is 56.8 Å². The van der Waals surface area contributed by atoms with E-state index in [9.17, 15) is 4.79 Å². The van der Waals surface area contributed by atoms with Crippen LogP contribution in [0.1, 0.15) is 12.0 Å². The number of hydrogen-bond acceptors (Lipinski definition) is 4. The summed E-state index contributed by atoms with van der Waals surface area (Å²) in [5.74, 6) is 1.81. The molecular formula is C18H19NO4. The molecule has 0 aliphatic carbocycles. The minimum Gasteiger partial charge on any atom is -0.497 e. The van der Waals surface area contributed by atoms with Gasteiger partial charge in [0.15, 0.2) is 6.10 Å². The van der Waals surface area contributed by atoms with Gasteiger partial charge in [0.05, 0.1) is 19.9 Å². The number of fused-ring (bicyclic) bond motifs is 1. The van der Waals surface area contributed by atoms with Gasteiger partial charge in [-0.2, -0.15) is 0 Å². The molecule has 120 valence electrons. The first kappa shape index (κ1) is 15.2. The maximum atomic E-state index is 12.5. The molecule has 1 aliphatic heterocycles. The highest BCUT2D eigenvalue weighted by Gasteiger charge is 2.26. The Hall–Kier alpha value is -2.69. The molecule has 1 unspecified atom stereocenters. The van der Waals surface area contributed by atoms with E-state index in [0.29, 0.717) is 23.6 Å². The predicted molar refractivity (Wildman–Crippen MR) is 87.4 cm³/mol. The van der Waals surface area contributed by atoms with Crippen LogP contribution in [0, 0.1) is 0 Å². The van der Waals surface area contributed by atoms with Crippen molar-refractivity contribution in [2.45, 2.75) is 18.9 Å². The van der Waals surface area contributed by atoms with Gasteiger partial charge in [-0.1, -0.05) is 18.2 Å². The number of rotatable bonds is 4. The largest absolute Gasteiger partial charge is 0.497 e. The van der Waals surface area contributed by atoms with Gasteiger partial charge >= 0.3 is 0 Å². The van der Waals surface area contributed by atoms with E-state index in [1.807, 2.05) is 24.3 Å². The SMILES string of the molecule is COc1ccc(OC)c(NC(=O)C2CCc3ccccc3O2)c1. The van der Waals surface area contributed by atoms with Crippen molar-refractivity contribution in [3.63, 3.8) is 0 Å². The molecule has 5 nitrogen and oxygen atoms in total. The van der Waals surface area contributed by atoms with Gasteiger partial charge in [-0.05, 0) is 36.6 Å². The van der Waals surface area contributed by atoms with Gasteiger partial charge in [-0.15, -0.1) is 0 Å². The number of carbonyl (C=O) groups is 1. The Morgan fingerprint density at radius 3 is 2.78 bits per heavy atom. The zero-order valence-electron chi connectivity index (χ0n) is 13.2. The second kappa shape index (κ2) is 6.60. The monoisotopic (exact) mass is 313 g/mol. The van der Waals surface area contributed by atoms with Crippen LogP contribution < -0.4 is 19.5 Å². The molecule has 5 heteroatoms. The summed E-state index contributed by atoms with van der Waals surface area (Å²) in [4.78, 5) is 12.5. The number of ether oxygens (including phenoxy) is 3. The molecule has 2 aromatic carbocycles. The molecule has 0 spiro atoms. The summed E-state index contributed by atoms with van der Waals surface area (Å²) < 4.78 is 16.3. The summed E-state index contributed by atoms with van der Waals surface area (Å²) in [7, 11) is 3.14. The molecule has 1 amide bonds. The highest BCUT2D eigenvalue weighted by atomic mass is 16.5. The molecule has 0 saturated heterocycles. The molecule has 1 N–H and O–H groups in total. The molecule has 23 heavy (non-hydrogen) atoms. The van der Waals surface area contributed by atoms with Crippen molar-refractivity contribution in [1.82, 2.24) is 0 Å². The normalized spacial score (nSPS) is 16.0. The van der Waals surface area contributed by atoms with E-state index in [0.717, 1.165) is 17.7 Å². The van der Waals surface area contributed by atoms with Crippen molar-refractivity contribution < 1.29 is 19.0 Å². The Morgan fingerprint density at radius 2 is 2.00 bits per heavy atom. The van der Waals surface area contributed by atoms with Gasteiger partial charge in [0.1, 0.15) is 17.2 Å². The summed E-state index contributed by atoms with van der Waals surface area (Å²) in [5, 5.41) is 2.87. The maximum absolute atomic E-state index is 12.5. The third kappa shape index (κ3) is 3.23. The van der Waals surface area contributed by atoms with Crippen LogP contribution in [0.5, 0.6) is 17.2 Å². The van der Waals surface area contributed by atoms with E-state index in [1.165, 1.54) is 0 Å². The van der Waals surface area contributed by atoms with Gasteiger partial charge in [0, 0.05) is 6.07 Å². The summed E-state index contributed by atoms with van der Waals surface area (Å²) in [6, 6.07) is 13.1. The molecule has 0 radical (unpaired) electrons. The smallest absolute Gasteiger partial charge is 0.265 e. The summed E-state index contributed by atoms with van der Waals surface area (Å²) >= 11 is 0. The van der Waals surface area contributed by atoms with Crippen LogP contribution in [0.2, 0.25) is 0 Å². The van der Waals surface area contributed by atoms with Crippen molar-refractivity contribution in [3.05, 3.63) is 48.0 Å². The van der Waals surface area contributed by atoms with Crippen molar-refractivity contribution in [3.8, 4) is 17.2 Å². The van der Waals surface area contributed by atoms with Gasteiger partial charge < -0.3 is 19.5 Å². The molecule has 1 heterocycles.